The summed E-state index contributed by atoms with van der Waals surface area (Å²) in [5, 5.41) is 2.32. The molecule has 0 bridgehead atoms. The Hall–Kier alpha value is -3.68. The Morgan fingerprint density at radius 3 is 2.45 bits per heavy atom. The predicted molar refractivity (Wildman–Crippen MR) is 155 cm³/mol. The average Bonchev–Trinajstić information content (AvgIpc) is 3.56. The van der Waals surface area contributed by atoms with Crippen molar-refractivity contribution in [3.63, 3.8) is 0 Å². The summed E-state index contributed by atoms with van der Waals surface area (Å²) in [5.74, 6) is 0.100. The minimum absolute atomic E-state index is 0.100. The topological polar surface area (TPSA) is 46.3 Å². The molecule has 2 aromatic heterocycles. The second kappa shape index (κ2) is 10.6. The van der Waals surface area contributed by atoms with E-state index in [4.69, 9.17) is 0 Å². The highest BCUT2D eigenvalue weighted by atomic mass is 79.9. The maximum absolute atomic E-state index is 13.9. The van der Waals surface area contributed by atoms with E-state index >= 15 is 0 Å². The highest BCUT2D eigenvalue weighted by Crippen LogP contribution is 2.33. The Morgan fingerprint density at radius 2 is 1.63 bits per heavy atom. The normalized spacial score (nSPS) is 14.3. The van der Waals surface area contributed by atoms with E-state index in [2.05, 4.69) is 115 Å². The van der Waals surface area contributed by atoms with Crippen molar-refractivity contribution in [1.29, 1.82) is 0 Å². The number of hydrogen-bond donors (Lipinski definition) is 0. The van der Waals surface area contributed by atoms with E-state index in [9.17, 15) is 4.79 Å². The number of benzene rings is 3. The zero-order valence-electron chi connectivity index (χ0n) is 21.4. The van der Waals surface area contributed by atoms with Gasteiger partial charge >= 0.3 is 0 Å². The standard InChI is InChI=1S/C31H30BrN5O/c1-34-13-15-36(16-14-34)31(38)30-21-35(20-29(30)28-8-4-6-24-5-2-3-7-27(24)28)19-26-17-33-22-37(26)18-23-9-11-25(32)12-10-23/h2-12,17,20-22H,13-16,18-19H2,1H3. The number of hydrogen-bond acceptors (Lipinski definition) is 3. The Labute approximate surface area is 231 Å². The van der Waals surface area contributed by atoms with Crippen LogP contribution >= 0.6 is 15.9 Å². The lowest BCUT2D eigenvalue weighted by Gasteiger charge is -2.32. The molecule has 0 aliphatic carbocycles. The molecule has 3 heterocycles. The largest absolute Gasteiger partial charge is 0.347 e. The van der Waals surface area contributed by atoms with E-state index in [0.717, 1.165) is 65.0 Å². The van der Waals surface area contributed by atoms with Crippen LogP contribution in [0, 0.1) is 0 Å². The van der Waals surface area contributed by atoms with Crippen LogP contribution in [0.4, 0.5) is 0 Å². The molecule has 1 fully saturated rings. The number of carbonyl (C=O) groups excluding carboxylic acids is 1. The third kappa shape index (κ3) is 5.04. The second-order valence-corrected chi connectivity index (χ2v) is 10.9. The van der Waals surface area contributed by atoms with Crippen molar-refractivity contribution in [3.8, 4) is 11.1 Å². The number of imidazole rings is 1. The molecule has 6 rings (SSSR count). The van der Waals surface area contributed by atoms with Crippen molar-refractivity contribution in [1.82, 2.24) is 23.9 Å². The van der Waals surface area contributed by atoms with Gasteiger partial charge in [-0.25, -0.2) is 4.98 Å². The number of likely N-dealkylation sites (N-methyl/N-ethyl adjacent to an activating group) is 1. The van der Waals surface area contributed by atoms with Gasteiger partial charge in [-0.1, -0.05) is 70.5 Å². The van der Waals surface area contributed by atoms with Gasteiger partial charge in [0.2, 0.25) is 0 Å². The fourth-order valence-electron chi connectivity index (χ4n) is 5.22. The molecule has 192 valence electrons. The van der Waals surface area contributed by atoms with E-state index in [-0.39, 0.29) is 5.91 Å². The molecule has 38 heavy (non-hydrogen) atoms. The van der Waals surface area contributed by atoms with E-state index in [1.165, 1.54) is 10.9 Å². The Balaban J connectivity index is 1.36. The fraction of sp³-hybridized carbons (Fsp3) is 0.226. The highest BCUT2D eigenvalue weighted by molar-refractivity contribution is 9.10. The molecule has 1 aliphatic rings. The summed E-state index contributed by atoms with van der Waals surface area (Å²) in [6.45, 7) is 4.65. The van der Waals surface area contributed by atoms with Crippen molar-refractivity contribution in [2.24, 2.45) is 0 Å². The quantitative estimate of drug-likeness (QED) is 0.262. The lowest BCUT2D eigenvalue weighted by Crippen LogP contribution is -2.47. The summed E-state index contributed by atoms with van der Waals surface area (Å²) in [5.41, 5.74) is 5.12. The van der Waals surface area contributed by atoms with Crippen LogP contribution in [0.25, 0.3) is 21.9 Å². The van der Waals surface area contributed by atoms with Crippen LogP contribution in [0.15, 0.2) is 96.1 Å². The average molecular weight is 569 g/mol. The Kier molecular flexibility index (Phi) is 6.87. The van der Waals surface area contributed by atoms with E-state index in [1.54, 1.807) is 0 Å². The summed E-state index contributed by atoms with van der Waals surface area (Å²) in [4.78, 5) is 22.6. The monoisotopic (exact) mass is 567 g/mol. The van der Waals surface area contributed by atoms with Gasteiger partial charge in [0.05, 0.1) is 24.1 Å². The van der Waals surface area contributed by atoms with Gasteiger partial charge in [-0.15, -0.1) is 0 Å². The number of nitrogens with zero attached hydrogens (tertiary/aromatic N) is 5. The molecule has 0 saturated carbocycles. The molecule has 1 amide bonds. The van der Waals surface area contributed by atoms with Crippen molar-refractivity contribution in [3.05, 3.63) is 113 Å². The van der Waals surface area contributed by atoms with Gasteiger partial charge in [-0.05, 0) is 41.1 Å². The number of aromatic nitrogens is 3. The minimum atomic E-state index is 0.100. The van der Waals surface area contributed by atoms with Crippen molar-refractivity contribution < 1.29 is 4.79 Å². The Morgan fingerprint density at radius 1 is 0.868 bits per heavy atom. The van der Waals surface area contributed by atoms with Gasteiger partial charge in [-0.3, -0.25) is 4.79 Å². The molecule has 0 spiro atoms. The highest BCUT2D eigenvalue weighted by Gasteiger charge is 2.25. The predicted octanol–water partition coefficient (Wildman–Crippen LogP) is 5.75. The van der Waals surface area contributed by atoms with Crippen LogP contribution in [0.3, 0.4) is 0 Å². The van der Waals surface area contributed by atoms with Gasteiger partial charge in [-0.2, -0.15) is 0 Å². The maximum Gasteiger partial charge on any atom is 0.256 e. The summed E-state index contributed by atoms with van der Waals surface area (Å²) in [6, 6.07) is 23.1. The number of fused-ring (bicyclic) bond motifs is 1. The Bertz CT molecular complexity index is 1570. The van der Waals surface area contributed by atoms with Gasteiger partial charge in [0, 0.05) is 61.4 Å². The van der Waals surface area contributed by atoms with Gasteiger partial charge in [0.1, 0.15) is 0 Å². The molecule has 7 heteroatoms. The van der Waals surface area contributed by atoms with Crippen LogP contribution in [0.5, 0.6) is 0 Å². The van der Waals surface area contributed by atoms with Crippen molar-refractivity contribution >= 4 is 32.6 Å². The van der Waals surface area contributed by atoms with E-state index in [1.807, 2.05) is 23.6 Å². The van der Waals surface area contributed by atoms with Crippen LogP contribution in [-0.2, 0) is 13.1 Å². The smallest absolute Gasteiger partial charge is 0.256 e. The molecule has 1 aliphatic heterocycles. The van der Waals surface area contributed by atoms with Crippen molar-refractivity contribution in [2.75, 3.05) is 33.2 Å². The summed E-state index contributed by atoms with van der Waals surface area (Å²) in [7, 11) is 2.11. The molecule has 0 unspecified atom stereocenters. The molecule has 0 N–H and O–H groups in total. The third-order valence-electron chi connectivity index (χ3n) is 7.39. The minimum Gasteiger partial charge on any atom is -0.347 e. The van der Waals surface area contributed by atoms with Crippen molar-refractivity contribution in [2.45, 2.75) is 13.1 Å². The lowest BCUT2D eigenvalue weighted by molar-refractivity contribution is 0.0665. The fourth-order valence-corrected chi connectivity index (χ4v) is 5.48. The first kappa shape index (κ1) is 24.6. The molecule has 6 nitrogen and oxygen atoms in total. The summed E-state index contributed by atoms with van der Waals surface area (Å²) >= 11 is 3.51. The molecule has 0 atom stereocenters. The number of rotatable bonds is 6. The van der Waals surface area contributed by atoms with Gasteiger partial charge < -0.3 is 18.9 Å². The number of amides is 1. The SMILES string of the molecule is CN1CCN(C(=O)c2cn(Cc3cncn3Cc3ccc(Br)cc3)cc2-c2cccc3ccccc23)CC1. The summed E-state index contributed by atoms with van der Waals surface area (Å²) < 4.78 is 5.37. The molecule has 1 saturated heterocycles. The molecular weight excluding hydrogens is 538 g/mol. The first-order chi connectivity index (χ1) is 18.5. The summed E-state index contributed by atoms with van der Waals surface area (Å²) in [6.07, 6.45) is 7.94. The first-order valence-electron chi connectivity index (χ1n) is 12.9. The zero-order valence-corrected chi connectivity index (χ0v) is 23.0. The molecule has 0 radical (unpaired) electrons. The van der Waals surface area contributed by atoms with Crippen LogP contribution in [-0.4, -0.2) is 63.1 Å². The third-order valence-corrected chi connectivity index (χ3v) is 7.92. The second-order valence-electron chi connectivity index (χ2n) is 10.0. The number of carbonyl (C=O) groups is 1. The maximum atomic E-state index is 13.9. The number of piperazine rings is 1. The van der Waals surface area contributed by atoms with Gasteiger partial charge in [0.25, 0.3) is 5.91 Å². The zero-order chi connectivity index (χ0) is 26.1. The van der Waals surface area contributed by atoms with E-state index in [0.29, 0.717) is 6.54 Å². The van der Waals surface area contributed by atoms with Gasteiger partial charge in [0.15, 0.2) is 0 Å². The van der Waals surface area contributed by atoms with E-state index < -0.39 is 0 Å². The van der Waals surface area contributed by atoms with Crippen LogP contribution in [0.1, 0.15) is 21.6 Å². The molecular formula is C31H30BrN5O. The van der Waals surface area contributed by atoms with Crippen LogP contribution in [0.2, 0.25) is 0 Å². The number of halogens is 1. The molecule has 3 aromatic carbocycles. The lowest BCUT2D eigenvalue weighted by atomic mass is 9.97. The molecule has 5 aromatic rings. The first-order valence-corrected chi connectivity index (χ1v) is 13.7. The van der Waals surface area contributed by atoms with Crippen LogP contribution < -0.4 is 0 Å².